The zero-order valence-electron chi connectivity index (χ0n) is 16.1. The first-order valence-electron chi connectivity index (χ1n) is 8.14. The molecule has 0 atom stereocenters. The molecule has 0 aliphatic heterocycles. The number of hydrogen-bond acceptors (Lipinski definition) is 9. The van der Waals surface area contributed by atoms with Gasteiger partial charge in [-0.25, -0.2) is 9.98 Å². The minimum absolute atomic E-state index is 0.230. The van der Waals surface area contributed by atoms with E-state index in [0.717, 1.165) is 5.56 Å². The second-order valence-corrected chi connectivity index (χ2v) is 6.74. The molecule has 0 unspecified atom stereocenters. The molecule has 0 fully saturated rings. The molecule has 144 valence electrons. The van der Waals surface area contributed by atoms with Crippen LogP contribution in [0.1, 0.15) is 37.5 Å². The Labute approximate surface area is 168 Å². The van der Waals surface area contributed by atoms with E-state index in [2.05, 4.69) is 9.98 Å². The lowest BCUT2D eigenvalue weighted by Crippen LogP contribution is -2.12. The lowest BCUT2D eigenvalue weighted by Gasteiger charge is -2.21. The second-order valence-electron chi connectivity index (χ2n) is 6.74. The van der Waals surface area contributed by atoms with Crippen LogP contribution in [0.4, 0.5) is 0 Å². The Bertz CT molecular complexity index is 1020. The third-order valence-electron chi connectivity index (χ3n) is 3.66. The summed E-state index contributed by atoms with van der Waals surface area (Å²) in [6.07, 6.45) is 2.41. The Balaban J connectivity index is 3.65. The first kappa shape index (κ1) is 22.4. The van der Waals surface area contributed by atoms with Crippen LogP contribution in [0.3, 0.4) is 0 Å². The topological polar surface area (TPSA) is 192 Å². The van der Waals surface area contributed by atoms with E-state index in [1.54, 1.807) is 36.4 Å². The highest BCUT2D eigenvalue weighted by molar-refractivity contribution is 5.93. The number of benzene rings is 1. The summed E-state index contributed by atoms with van der Waals surface area (Å²) in [5.41, 5.74) is 10.5. The van der Waals surface area contributed by atoms with Gasteiger partial charge in [-0.05, 0) is 23.1 Å². The number of aromatic hydroxyl groups is 1. The second kappa shape index (κ2) is 9.37. The summed E-state index contributed by atoms with van der Waals surface area (Å²) in [4.78, 5) is 7.76. The third kappa shape index (κ3) is 5.69. The van der Waals surface area contributed by atoms with Gasteiger partial charge in [-0.2, -0.15) is 21.0 Å². The summed E-state index contributed by atoms with van der Waals surface area (Å²) < 4.78 is 0. The van der Waals surface area contributed by atoms with E-state index in [1.807, 2.05) is 20.8 Å². The van der Waals surface area contributed by atoms with Crippen molar-refractivity contribution in [3.05, 3.63) is 51.6 Å². The van der Waals surface area contributed by atoms with E-state index in [9.17, 15) is 5.11 Å². The molecule has 0 saturated heterocycles. The fourth-order valence-electron chi connectivity index (χ4n) is 2.00. The van der Waals surface area contributed by atoms with Gasteiger partial charge in [0.1, 0.15) is 41.4 Å². The molecule has 0 aliphatic rings. The molecular formula is C20H18N8O. The van der Waals surface area contributed by atoms with Gasteiger partial charge in [0.2, 0.25) is 0 Å². The summed E-state index contributed by atoms with van der Waals surface area (Å²) in [7, 11) is 0. The largest absolute Gasteiger partial charge is 0.507 e. The molecule has 0 saturated carbocycles. The molecule has 1 aromatic rings. The van der Waals surface area contributed by atoms with E-state index in [4.69, 9.17) is 32.5 Å². The number of nitriles is 4. The Morgan fingerprint density at radius 2 is 1.24 bits per heavy atom. The van der Waals surface area contributed by atoms with Gasteiger partial charge in [0, 0.05) is 23.6 Å². The summed E-state index contributed by atoms with van der Waals surface area (Å²) in [5, 5.41) is 46.3. The van der Waals surface area contributed by atoms with Crippen molar-refractivity contribution < 1.29 is 5.11 Å². The maximum absolute atomic E-state index is 10.6. The van der Waals surface area contributed by atoms with Crippen molar-refractivity contribution in [1.82, 2.24) is 0 Å². The maximum atomic E-state index is 10.6. The first-order chi connectivity index (χ1) is 13.6. The molecule has 0 amide bonds. The van der Waals surface area contributed by atoms with Crippen molar-refractivity contribution in [3.8, 4) is 30.0 Å². The molecule has 0 aliphatic carbocycles. The molecule has 0 spiro atoms. The fourth-order valence-corrected chi connectivity index (χ4v) is 2.00. The van der Waals surface area contributed by atoms with Gasteiger partial charge < -0.3 is 16.6 Å². The van der Waals surface area contributed by atoms with Crippen molar-refractivity contribution >= 4 is 12.4 Å². The molecular weight excluding hydrogens is 368 g/mol. The van der Waals surface area contributed by atoms with Crippen molar-refractivity contribution in [2.45, 2.75) is 26.2 Å². The fraction of sp³-hybridized carbons (Fsp3) is 0.200. The maximum Gasteiger partial charge on any atom is 0.174 e. The lowest BCUT2D eigenvalue weighted by atomic mass is 9.85. The highest BCUT2D eigenvalue weighted by Crippen LogP contribution is 2.30. The SMILES string of the molecule is CC(C)(C)c1cc(C=N/C(C#N)=C(\N)C#N)c(O)c(C=N/C(C#N)=C(\N)C#N)c1. The van der Waals surface area contributed by atoms with E-state index < -0.39 is 0 Å². The van der Waals surface area contributed by atoms with Crippen molar-refractivity contribution in [2.75, 3.05) is 0 Å². The van der Waals surface area contributed by atoms with E-state index >= 15 is 0 Å². The minimum Gasteiger partial charge on any atom is -0.507 e. The molecule has 1 aromatic carbocycles. The monoisotopic (exact) mass is 386 g/mol. The van der Waals surface area contributed by atoms with Gasteiger partial charge in [-0.3, -0.25) is 0 Å². The van der Waals surface area contributed by atoms with Crippen LogP contribution in [0.25, 0.3) is 0 Å². The summed E-state index contributed by atoms with van der Waals surface area (Å²) >= 11 is 0. The number of rotatable bonds is 4. The Kier molecular flexibility index (Phi) is 7.25. The Morgan fingerprint density at radius 1 is 0.862 bits per heavy atom. The average Bonchev–Trinajstić information content (AvgIpc) is 2.69. The molecule has 5 N–H and O–H groups in total. The van der Waals surface area contributed by atoms with Crippen molar-refractivity contribution in [2.24, 2.45) is 21.5 Å². The van der Waals surface area contributed by atoms with Crippen molar-refractivity contribution in [3.63, 3.8) is 0 Å². The van der Waals surface area contributed by atoms with Gasteiger partial charge in [0.25, 0.3) is 0 Å². The predicted molar refractivity (Wildman–Crippen MR) is 107 cm³/mol. The van der Waals surface area contributed by atoms with Crippen LogP contribution >= 0.6 is 0 Å². The average molecular weight is 386 g/mol. The van der Waals surface area contributed by atoms with Gasteiger partial charge in [0.15, 0.2) is 11.4 Å². The van der Waals surface area contributed by atoms with Gasteiger partial charge >= 0.3 is 0 Å². The first-order valence-corrected chi connectivity index (χ1v) is 8.14. The Hall–Kier alpha value is -4.60. The van der Waals surface area contributed by atoms with Crippen molar-refractivity contribution in [1.29, 1.82) is 21.0 Å². The number of allylic oxidation sites excluding steroid dienone is 4. The molecule has 9 nitrogen and oxygen atoms in total. The highest BCUT2D eigenvalue weighted by atomic mass is 16.3. The standard InChI is InChI=1S/C20H18N8O/c1-20(2,3)14-4-12(10-27-17(8-23)15(25)6-21)19(29)13(5-14)11-28-18(9-24)16(26)7-22/h4-5,10-11,29H,25-26H2,1-3H3/b17-15-,18-16-,27-10?,28-11?. The predicted octanol–water partition coefficient (Wildman–Crippen LogP) is 1.96. The highest BCUT2D eigenvalue weighted by Gasteiger charge is 2.18. The normalized spacial score (nSPS) is 13.1. The number of phenols is 1. The smallest absolute Gasteiger partial charge is 0.174 e. The lowest BCUT2D eigenvalue weighted by molar-refractivity contribution is 0.472. The van der Waals surface area contributed by atoms with Crippen LogP contribution in [0, 0.1) is 45.3 Å². The number of nitrogens with zero attached hydrogens (tertiary/aromatic N) is 6. The zero-order valence-corrected chi connectivity index (χ0v) is 16.1. The van der Waals surface area contributed by atoms with E-state index in [0.29, 0.717) is 0 Å². The van der Waals surface area contributed by atoms with Gasteiger partial charge in [-0.15, -0.1) is 0 Å². The minimum atomic E-state index is -0.354. The third-order valence-corrected chi connectivity index (χ3v) is 3.66. The number of aliphatic imine (C=N–C) groups is 2. The summed E-state index contributed by atoms with van der Waals surface area (Å²) in [6, 6.07) is 10.0. The van der Waals surface area contributed by atoms with Gasteiger partial charge in [0.05, 0.1) is 0 Å². The van der Waals surface area contributed by atoms with Crippen LogP contribution in [0.15, 0.2) is 44.9 Å². The van der Waals surface area contributed by atoms with E-state index in [1.165, 1.54) is 12.4 Å². The molecule has 29 heavy (non-hydrogen) atoms. The van der Waals surface area contributed by atoms with E-state index in [-0.39, 0.29) is 45.1 Å². The zero-order chi connectivity index (χ0) is 22.2. The van der Waals surface area contributed by atoms with Crippen LogP contribution in [0.5, 0.6) is 5.75 Å². The Morgan fingerprint density at radius 3 is 1.52 bits per heavy atom. The molecule has 0 aromatic heterocycles. The summed E-state index contributed by atoms with van der Waals surface area (Å²) in [5.74, 6) is -0.230. The van der Waals surface area contributed by atoms with Crippen LogP contribution in [0.2, 0.25) is 0 Å². The van der Waals surface area contributed by atoms with Crippen LogP contribution in [-0.4, -0.2) is 17.5 Å². The molecule has 0 radical (unpaired) electrons. The molecule has 9 heteroatoms. The van der Waals surface area contributed by atoms with Crippen LogP contribution < -0.4 is 11.5 Å². The molecule has 0 heterocycles. The number of phenolic OH excluding ortho intramolecular Hbond substituents is 1. The number of hydrogen-bond donors (Lipinski definition) is 3. The molecule has 1 rings (SSSR count). The summed E-state index contributed by atoms with van der Waals surface area (Å²) in [6.45, 7) is 5.84. The quantitative estimate of drug-likeness (QED) is 0.519. The van der Waals surface area contributed by atoms with Gasteiger partial charge in [-0.1, -0.05) is 20.8 Å². The number of nitrogens with two attached hydrogens (primary N) is 2. The molecule has 0 bridgehead atoms. The van der Waals surface area contributed by atoms with Crippen LogP contribution in [-0.2, 0) is 5.41 Å².